The molecule has 0 radical (unpaired) electrons. The highest BCUT2D eigenvalue weighted by Gasteiger charge is 2.47. The Hall–Kier alpha value is -4.93. The number of benzene rings is 1. The lowest BCUT2D eigenvalue weighted by Crippen LogP contribution is -2.45. The number of carbonyl (C=O) groups excluding carboxylic acids is 3. The number of hydrogen-bond donors (Lipinski definition) is 2. The number of imide groups is 1. The van der Waals surface area contributed by atoms with Gasteiger partial charge in [0.2, 0.25) is 11.5 Å². The molecule has 0 spiro atoms. The third-order valence-corrected chi connectivity index (χ3v) is 5.34. The van der Waals surface area contributed by atoms with Gasteiger partial charge in [0.25, 0.3) is 11.8 Å². The van der Waals surface area contributed by atoms with E-state index in [1.54, 1.807) is 37.3 Å². The zero-order chi connectivity index (χ0) is 26.0. The molecule has 2 N–H and O–H groups in total. The fourth-order valence-corrected chi connectivity index (χ4v) is 3.68. The highest BCUT2D eigenvalue weighted by atomic mass is 16.6. The van der Waals surface area contributed by atoms with Crippen LogP contribution in [0.1, 0.15) is 51.5 Å². The number of carboxylic acids is 2. The summed E-state index contributed by atoms with van der Waals surface area (Å²) in [5.74, 6) is -6.81. The smallest absolute Gasteiger partial charge is 0.371 e. The van der Waals surface area contributed by atoms with Gasteiger partial charge in [-0.1, -0.05) is 37.3 Å². The summed E-state index contributed by atoms with van der Waals surface area (Å²) in [6, 6.07) is 13.3. The summed E-state index contributed by atoms with van der Waals surface area (Å²) in [4.78, 5) is 62.8. The lowest BCUT2D eigenvalue weighted by atomic mass is 10.1. The van der Waals surface area contributed by atoms with E-state index in [1.807, 2.05) is 0 Å². The molecule has 1 aliphatic heterocycles. The second-order valence-electron chi connectivity index (χ2n) is 7.66. The molecule has 0 bridgehead atoms. The van der Waals surface area contributed by atoms with Gasteiger partial charge in [-0.15, -0.1) is 0 Å². The van der Waals surface area contributed by atoms with Crippen LogP contribution in [-0.2, 0) is 25.5 Å². The van der Waals surface area contributed by atoms with Gasteiger partial charge in [-0.2, -0.15) is 0 Å². The summed E-state index contributed by atoms with van der Waals surface area (Å²) in [6.45, 7) is 1.55. The summed E-state index contributed by atoms with van der Waals surface area (Å²) >= 11 is 0. The third-order valence-electron chi connectivity index (χ3n) is 5.34. The van der Waals surface area contributed by atoms with E-state index in [4.69, 9.17) is 13.6 Å². The summed E-state index contributed by atoms with van der Waals surface area (Å²) in [6.07, 6.45) is -1.40. The lowest BCUT2D eigenvalue weighted by Gasteiger charge is -2.26. The number of furan rings is 2. The number of carboxylic acid groups (broad SMARTS) is 2. The number of hydrogen-bond acceptors (Lipinski definition) is 8. The molecule has 11 nitrogen and oxygen atoms in total. The monoisotopic (exact) mass is 493 g/mol. The number of nitrogens with zero attached hydrogens (tertiary/aromatic N) is 1. The Balaban J connectivity index is 1.83. The van der Waals surface area contributed by atoms with E-state index in [0.717, 1.165) is 17.0 Å². The molecule has 36 heavy (non-hydrogen) atoms. The second kappa shape index (κ2) is 9.74. The number of aromatic carboxylic acids is 2. The highest BCUT2D eigenvalue weighted by Crippen LogP contribution is 2.38. The Bertz CT molecular complexity index is 1320. The minimum absolute atomic E-state index is 0.0189. The topological polar surface area (TPSA) is 165 Å². The van der Waals surface area contributed by atoms with Crippen LogP contribution in [0.3, 0.4) is 0 Å². The first-order chi connectivity index (χ1) is 17.2. The van der Waals surface area contributed by atoms with Crippen molar-refractivity contribution in [3.8, 4) is 0 Å². The molecular formula is C25H19NO10. The molecule has 11 heteroatoms. The number of amides is 2. The first-order valence-electron chi connectivity index (χ1n) is 10.7. The second-order valence-corrected chi connectivity index (χ2v) is 7.66. The van der Waals surface area contributed by atoms with Crippen LogP contribution < -0.4 is 0 Å². The molecule has 0 saturated carbocycles. The first kappa shape index (κ1) is 24.2. The van der Waals surface area contributed by atoms with Crippen LogP contribution in [0.2, 0.25) is 0 Å². The van der Waals surface area contributed by atoms with Gasteiger partial charge in [0.15, 0.2) is 6.23 Å². The van der Waals surface area contributed by atoms with E-state index in [-0.39, 0.29) is 35.5 Å². The predicted octanol–water partition coefficient (Wildman–Crippen LogP) is 3.07. The maximum Gasteiger partial charge on any atom is 0.371 e. The zero-order valence-electron chi connectivity index (χ0n) is 18.8. The fourth-order valence-electron chi connectivity index (χ4n) is 3.68. The van der Waals surface area contributed by atoms with Crippen molar-refractivity contribution in [2.45, 2.75) is 26.0 Å². The number of carbonyl (C=O) groups is 5. The van der Waals surface area contributed by atoms with Gasteiger partial charge in [-0.25, -0.2) is 14.5 Å². The van der Waals surface area contributed by atoms with Crippen molar-refractivity contribution in [3.63, 3.8) is 0 Å². The lowest BCUT2D eigenvalue weighted by molar-refractivity contribution is -0.165. The molecule has 4 rings (SSSR count). The highest BCUT2D eigenvalue weighted by molar-refractivity contribution is 6.48. The molecule has 1 atom stereocenters. The molecule has 0 fully saturated rings. The van der Waals surface area contributed by atoms with E-state index in [1.165, 1.54) is 12.1 Å². The Labute approximate surface area is 203 Å². The van der Waals surface area contributed by atoms with Crippen LogP contribution in [0, 0.1) is 0 Å². The molecule has 184 valence electrons. The Morgan fingerprint density at radius 2 is 1.33 bits per heavy atom. The van der Waals surface area contributed by atoms with Gasteiger partial charge in [0.05, 0.1) is 11.1 Å². The number of rotatable bonds is 9. The maximum absolute atomic E-state index is 13.6. The zero-order valence-corrected chi connectivity index (χ0v) is 18.8. The van der Waals surface area contributed by atoms with Crippen molar-refractivity contribution < 1.29 is 47.8 Å². The third kappa shape index (κ3) is 4.53. The molecule has 1 unspecified atom stereocenters. The van der Waals surface area contributed by atoms with E-state index in [0.29, 0.717) is 5.56 Å². The number of ether oxygens (including phenoxy) is 1. The SMILES string of the molecule is CCC(=O)OC(Cc1ccccc1)N1C(=O)C(c2ccc(C(=O)O)o2)=C(c2ccc(C(=O)O)o2)C1=O. The summed E-state index contributed by atoms with van der Waals surface area (Å²) in [5.41, 5.74) is -0.0480. The van der Waals surface area contributed by atoms with Crippen LogP contribution in [0.25, 0.3) is 11.1 Å². The first-order valence-corrected chi connectivity index (χ1v) is 10.7. The normalized spacial score (nSPS) is 14.3. The minimum atomic E-state index is -1.40. The van der Waals surface area contributed by atoms with Gasteiger partial charge >= 0.3 is 17.9 Å². The fraction of sp³-hybridized carbons (Fsp3) is 0.160. The largest absolute Gasteiger partial charge is 0.475 e. The molecule has 1 aliphatic rings. The van der Waals surface area contributed by atoms with Gasteiger partial charge in [-0.05, 0) is 29.8 Å². The summed E-state index contributed by atoms with van der Waals surface area (Å²) < 4.78 is 16.0. The van der Waals surface area contributed by atoms with Crippen LogP contribution in [0.5, 0.6) is 0 Å². The van der Waals surface area contributed by atoms with Gasteiger partial charge < -0.3 is 23.8 Å². The predicted molar refractivity (Wildman–Crippen MR) is 120 cm³/mol. The molecule has 1 aromatic carbocycles. The van der Waals surface area contributed by atoms with Crippen LogP contribution in [0.4, 0.5) is 0 Å². The summed E-state index contributed by atoms with van der Waals surface area (Å²) in [7, 11) is 0. The molecule has 0 saturated heterocycles. The van der Waals surface area contributed by atoms with Crippen LogP contribution in [-0.4, -0.2) is 51.1 Å². The van der Waals surface area contributed by atoms with Crippen LogP contribution in [0.15, 0.2) is 63.4 Å². The van der Waals surface area contributed by atoms with Crippen molar-refractivity contribution >= 4 is 40.9 Å². The van der Waals surface area contributed by atoms with E-state index < -0.39 is 47.5 Å². The van der Waals surface area contributed by atoms with Crippen molar-refractivity contribution in [1.82, 2.24) is 4.90 Å². The van der Waals surface area contributed by atoms with E-state index in [2.05, 4.69) is 0 Å². The van der Waals surface area contributed by atoms with Gasteiger partial charge in [0.1, 0.15) is 11.5 Å². The molecule has 0 aliphatic carbocycles. The average Bonchev–Trinajstić information content (AvgIpc) is 3.57. The average molecular weight is 493 g/mol. The molecular weight excluding hydrogens is 474 g/mol. The molecule has 3 aromatic rings. The van der Waals surface area contributed by atoms with Crippen molar-refractivity contribution in [2.24, 2.45) is 0 Å². The molecule has 2 amide bonds. The number of esters is 1. The van der Waals surface area contributed by atoms with Crippen molar-refractivity contribution in [1.29, 1.82) is 0 Å². The minimum Gasteiger partial charge on any atom is -0.475 e. The van der Waals surface area contributed by atoms with Gasteiger partial charge in [-0.3, -0.25) is 14.4 Å². The maximum atomic E-state index is 13.6. The molecule has 2 aromatic heterocycles. The Morgan fingerprint density at radius 1 is 0.833 bits per heavy atom. The van der Waals surface area contributed by atoms with Crippen LogP contribution >= 0.6 is 0 Å². The van der Waals surface area contributed by atoms with Crippen molar-refractivity contribution in [3.05, 3.63) is 83.2 Å². The van der Waals surface area contributed by atoms with E-state index in [9.17, 15) is 34.2 Å². The Morgan fingerprint density at radius 3 is 1.75 bits per heavy atom. The summed E-state index contributed by atoms with van der Waals surface area (Å²) in [5, 5.41) is 18.4. The Kier molecular flexibility index (Phi) is 6.55. The standard InChI is InChI=1S/C25H19NO10/c1-2-19(27)36-18(12-13-6-4-3-5-7-13)26-22(28)20(14-8-10-16(34-14)24(30)31)21(23(26)29)15-9-11-17(35-15)25(32)33/h3-11,18H,2,12H2,1H3,(H,30,31)(H,32,33). The van der Waals surface area contributed by atoms with Crippen molar-refractivity contribution in [2.75, 3.05) is 0 Å². The quantitative estimate of drug-likeness (QED) is 0.334. The van der Waals surface area contributed by atoms with E-state index >= 15 is 0 Å². The molecule has 3 heterocycles. The van der Waals surface area contributed by atoms with Gasteiger partial charge in [0, 0.05) is 12.8 Å².